The molecule has 0 spiro atoms. The van der Waals surface area contributed by atoms with Crippen LogP contribution in [-0.2, 0) is 14.8 Å². The summed E-state index contributed by atoms with van der Waals surface area (Å²) >= 11 is 0. The third-order valence-electron chi connectivity index (χ3n) is 3.22. The number of hydrogen-bond acceptors (Lipinski definition) is 4. The van der Waals surface area contributed by atoms with Gasteiger partial charge in [0.15, 0.2) is 0 Å². The van der Waals surface area contributed by atoms with Crippen LogP contribution in [0.1, 0.15) is 32.8 Å². The number of amides is 1. The molecule has 0 saturated heterocycles. The van der Waals surface area contributed by atoms with Crippen LogP contribution in [0.25, 0.3) is 0 Å². The maximum absolute atomic E-state index is 12.4. The molecule has 2 unspecified atom stereocenters. The van der Waals surface area contributed by atoms with Crippen molar-refractivity contribution in [2.24, 2.45) is 5.92 Å². The fraction of sp³-hybridized carbons (Fsp3) is 0.562. The van der Waals surface area contributed by atoms with Gasteiger partial charge in [0.2, 0.25) is 15.9 Å². The van der Waals surface area contributed by atoms with E-state index in [2.05, 4.69) is 10.0 Å². The van der Waals surface area contributed by atoms with Gasteiger partial charge in [-0.1, -0.05) is 31.5 Å². The molecule has 0 aliphatic carbocycles. The predicted molar refractivity (Wildman–Crippen MR) is 89.4 cm³/mol. The van der Waals surface area contributed by atoms with Crippen LogP contribution in [0.15, 0.2) is 29.2 Å². The molecule has 0 fully saturated rings. The number of benzene rings is 1. The van der Waals surface area contributed by atoms with E-state index >= 15 is 0 Å². The number of aliphatic hydroxyl groups is 1. The van der Waals surface area contributed by atoms with Crippen LogP contribution in [-0.4, -0.2) is 38.1 Å². The Labute approximate surface area is 138 Å². The average Bonchev–Trinajstić information content (AvgIpc) is 2.43. The summed E-state index contributed by atoms with van der Waals surface area (Å²) < 4.78 is 27.3. The second kappa shape index (κ2) is 8.42. The van der Waals surface area contributed by atoms with Crippen molar-refractivity contribution in [1.82, 2.24) is 10.0 Å². The van der Waals surface area contributed by atoms with Gasteiger partial charge in [0, 0.05) is 6.54 Å². The topological polar surface area (TPSA) is 95.5 Å². The van der Waals surface area contributed by atoms with Crippen molar-refractivity contribution in [2.45, 2.75) is 51.2 Å². The summed E-state index contributed by atoms with van der Waals surface area (Å²) in [5.41, 5.74) is 0.956. The molecular formula is C16H26N2O4S. The van der Waals surface area contributed by atoms with E-state index in [-0.39, 0.29) is 17.4 Å². The minimum absolute atomic E-state index is 0.0830. The number of nitrogens with one attached hydrogen (secondary N) is 2. The third-order valence-corrected chi connectivity index (χ3v) is 4.71. The molecule has 1 rings (SSSR count). The fourth-order valence-corrected chi connectivity index (χ4v) is 3.23. The Morgan fingerprint density at radius 3 is 2.22 bits per heavy atom. The highest BCUT2D eigenvalue weighted by Gasteiger charge is 2.26. The van der Waals surface area contributed by atoms with Crippen LogP contribution >= 0.6 is 0 Å². The molecule has 0 bridgehead atoms. The number of carbonyl (C=O) groups excluding carboxylic acids is 1. The first-order valence-electron chi connectivity index (χ1n) is 7.66. The zero-order valence-corrected chi connectivity index (χ0v) is 14.9. The molecule has 1 aromatic rings. The minimum atomic E-state index is -3.78. The lowest BCUT2D eigenvalue weighted by Crippen LogP contribution is -2.48. The van der Waals surface area contributed by atoms with Crippen molar-refractivity contribution in [3.05, 3.63) is 29.8 Å². The molecule has 1 amide bonds. The van der Waals surface area contributed by atoms with Gasteiger partial charge in [-0.3, -0.25) is 4.79 Å². The lowest BCUT2D eigenvalue weighted by molar-refractivity contribution is -0.123. The highest BCUT2D eigenvalue weighted by Crippen LogP contribution is 2.13. The number of carbonyl (C=O) groups is 1. The Hall–Kier alpha value is -1.44. The van der Waals surface area contributed by atoms with Crippen LogP contribution in [0.2, 0.25) is 0 Å². The Morgan fingerprint density at radius 1 is 1.17 bits per heavy atom. The number of aryl methyl sites for hydroxylation is 1. The van der Waals surface area contributed by atoms with E-state index in [1.807, 2.05) is 20.8 Å². The zero-order valence-electron chi connectivity index (χ0n) is 14.0. The second-order valence-electron chi connectivity index (χ2n) is 6.21. The van der Waals surface area contributed by atoms with E-state index in [9.17, 15) is 18.3 Å². The summed E-state index contributed by atoms with van der Waals surface area (Å²) in [7, 11) is -3.78. The second-order valence-corrected chi connectivity index (χ2v) is 7.92. The van der Waals surface area contributed by atoms with Gasteiger partial charge in [0.05, 0.1) is 11.0 Å². The zero-order chi connectivity index (χ0) is 17.6. The van der Waals surface area contributed by atoms with Crippen LogP contribution in [0.5, 0.6) is 0 Å². The molecule has 0 heterocycles. The predicted octanol–water partition coefficient (Wildman–Crippen LogP) is 1.19. The molecule has 130 valence electrons. The molecule has 0 aliphatic heterocycles. The minimum Gasteiger partial charge on any atom is -0.392 e. The molecule has 0 aromatic heterocycles. The van der Waals surface area contributed by atoms with Crippen molar-refractivity contribution in [1.29, 1.82) is 0 Å². The van der Waals surface area contributed by atoms with Gasteiger partial charge in [-0.15, -0.1) is 0 Å². The van der Waals surface area contributed by atoms with E-state index in [1.54, 1.807) is 19.1 Å². The molecule has 6 nitrogen and oxygen atoms in total. The largest absolute Gasteiger partial charge is 0.392 e. The van der Waals surface area contributed by atoms with Gasteiger partial charge < -0.3 is 10.4 Å². The molecule has 7 heteroatoms. The standard InChI is InChI=1S/C16H26N2O4S/c1-11(2)9-15(16(20)17-10-13(4)19)18-23(21,22)14-7-5-12(3)6-8-14/h5-8,11,13,15,18-19H,9-10H2,1-4H3,(H,17,20). The first-order valence-corrected chi connectivity index (χ1v) is 9.15. The van der Waals surface area contributed by atoms with E-state index < -0.39 is 28.1 Å². The monoisotopic (exact) mass is 342 g/mol. The molecule has 0 radical (unpaired) electrons. The molecule has 0 saturated carbocycles. The average molecular weight is 342 g/mol. The molecular weight excluding hydrogens is 316 g/mol. The van der Waals surface area contributed by atoms with E-state index in [4.69, 9.17) is 0 Å². The van der Waals surface area contributed by atoms with Crippen molar-refractivity contribution in [3.63, 3.8) is 0 Å². The van der Waals surface area contributed by atoms with Gasteiger partial charge in [-0.25, -0.2) is 8.42 Å². The summed E-state index contributed by atoms with van der Waals surface area (Å²) in [5, 5.41) is 11.8. The number of rotatable bonds is 8. The first kappa shape index (κ1) is 19.6. The van der Waals surface area contributed by atoms with Gasteiger partial charge >= 0.3 is 0 Å². The SMILES string of the molecule is Cc1ccc(S(=O)(=O)NC(CC(C)C)C(=O)NCC(C)O)cc1. The van der Waals surface area contributed by atoms with Crippen LogP contribution < -0.4 is 10.0 Å². The smallest absolute Gasteiger partial charge is 0.241 e. The van der Waals surface area contributed by atoms with Crippen molar-refractivity contribution < 1.29 is 18.3 Å². The summed E-state index contributed by atoms with van der Waals surface area (Å²) in [6, 6.07) is 5.56. The van der Waals surface area contributed by atoms with Crippen molar-refractivity contribution >= 4 is 15.9 Å². The molecule has 23 heavy (non-hydrogen) atoms. The molecule has 2 atom stereocenters. The maximum atomic E-state index is 12.4. The summed E-state index contributed by atoms with van der Waals surface area (Å²) in [6.45, 7) is 7.33. The van der Waals surface area contributed by atoms with Gasteiger partial charge in [0.1, 0.15) is 6.04 Å². The Balaban J connectivity index is 2.90. The first-order chi connectivity index (χ1) is 10.6. The lowest BCUT2D eigenvalue weighted by atomic mass is 10.0. The normalized spacial score (nSPS) is 14.5. The summed E-state index contributed by atoms with van der Waals surface area (Å²) in [6.07, 6.45) is -0.316. The van der Waals surface area contributed by atoms with E-state index in [0.29, 0.717) is 6.42 Å². The van der Waals surface area contributed by atoms with E-state index in [1.165, 1.54) is 12.1 Å². The molecule has 0 aliphatic rings. The number of sulfonamides is 1. The Bertz CT molecular complexity index is 609. The number of hydrogen-bond donors (Lipinski definition) is 3. The fourth-order valence-electron chi connectivity index (χ4n) is 2.02. The van der Waals surface area contributed by atoms with Crippen molar-refractivity contribution in [3.8, 4) is 0 Å². The summed E-state index contributed by atoms with van der Waals surface area (Å²) in [5.74, 6) is -0.298. The number of aliphatic hydroxyl groups excluding tert-OH is 1. The van der Waals surface area contributed by atoms with Gasteiger partial charge in [-0.2, -0.15) is 4.72 Å². The highest BCUT2D eigenvalue weighted by atomic mass is 32.2. The van der Waals surface area contributed by atoms with E-state index in [0.717, 1.165) is 5.56 Å². The van der Waals surface area contributed by atoms with Gasteiger partial charge in [-0.05, 0) is 38.3 Å². The molecule has 1 aromatic carbocycles. The van der Waals surface area contributed by atoms with Crippen LogP contribution in [0, 0.1) is 12.8 Å². The van der Waals surface area contributed by atoms with Crippen LogP contribution in [0.4, 0.5) is 0 Å². The quantitative estimate of drug-likeness (QED) is 0.661. The molecule has 3 N–H and O–H groups in total. The Kier molecular flexibility index (Phi) is 7.18. The van der Waals surface area contributed by atoms with Crippen LogP contribution in [0.3, 0.4) is 0 Å². The third kappa shape index (κ3) is 6.68. The lowest BCUT2D eigenvalue weighted by Gasteiger charge is -2.20. The maximum Gasteiger partial charge on any atom is 0.241 e. The summed E-state index contributed by atoms with van der Waals surface area (Å²) in [4.78, 5) is 12.3. The van der Waals surface area contributed by atoms with Gasteiger partial charge in [0.25, 0.3) is 0 Å². The highest BCUT2D eigenvalue weighted by molar-refractivity contribution is 7.89. The Morgan fingerprint density at radius 2 is 1.74 bits per heavy atom. The van der Waals surface area contributed by atoms with Crippen molar-refractivity contribution in [2.75, 3.05) is 6.54 Å².